The summed E-state index contributed by atoms with van der Waals surface area (Å²) < 4.78 is 0. The number of halogens is 2. The van der Waals surface area contributed by atoms with E-state index in [9.17, 15) is 4.79 Å². The maximum absolute atomic E-state index is 12.7. The molecule has 19 heavy (non-hydrogen) atoms. The zero-order valence-corrected chi connectivity index (χ0v) is 12.2. The van der Waals surface area contributed by atoms with Gasteiger partial charge in [-0.1, -0.05) is 23.2 Å². The van der Waals surface area contributed by atoms with Crippen molar-refractivity contribution >= 4 is 29.1 Å². The first-order valence-corrected chi connectivity index (χ1v) is 7.32. The van der Waals surface area contributed by atoms with Gasteiger partial charge in [-0.2, -0.15) is 0 Å². The Morgan fingerprint density at radius 3 is 2.89 bits per heavy atom. The second kappa shape index (κ2) is 4.97. The number of nitrogens with zero attached hydrogens (tertiary/aromatic N) is 1. The predicted octanol–water partition coefficient (Wildman–Crippen LogP) is 2.82. The fourth-order valence-electron chi connectivity index (χ4n) is 3.32. The lowest BCUT2D eigenvalue weighted by atomic mass is 10.0. The SMILES string of the molecule is CC1CC2CNCC2N1C(=O)c1ccc(Cl)cc1Cl. The molecule has 3 atom stereocenters. The van der Waals surface area contributed by atoms with Gasteiger partial charge >= 0.3 is 0 Å². The summed E-state index contributed by atoms with van der Waals surface area (Å²) in [7, 11) is 0. The van der Waals surface area contributed by atoms with E-state index in [1.54, 1.807) is 18.2 Å². The Morgan fingerprint density at radius 1 is 1.37 bits per heavy atom. The third kappa shape index (κ3) is 2.24. The highest BCUT2D eigenvalue weighted by Gasteiger charge is 2.44. The van der Waals surface area contributed by atoms with Crippen LogP contribution in [0.4, 0.5) is 0 Å². The van der Waals surface area contributed by atoms with E-state index >= 15 is 0 Å². The Labute approximate surface area is 122 Å². The van der Waals surface area contributed by atoms with Crippen LogP contribution in [-0.2, 0) is 0 Å². The Kier molecular flexibility index (Phi) is 3.46. The fraction of sp³-hybridized carbons (Fsp3) is 0.500. The van der Waals surface area contributed by atoms with Crippen LogP contribution in [0.3, 0.4) is 0 Å². The van der Waals surface area contributed by atoms with Crippen LogP contribution in [0.15, 0.2) is 18.2 Å². The molecular formula is C14H16Cl2N2O. The standard InChI is InChI=1S/C14H16Cl2N2O/c1-8-4-9-6-17-7-13(9)18(8)14(19)11-3-2-10(15)5-12(11)16/h2-3,5,8-9,13,17H,4,6-7H2,1H3. The number of nitrogens with one attached hydrogen (secondary N) is 1. The van der Waals surface area contributed by atoms with E-state index in [0.29, 0.717) is 27.6 Å². The third-order valence-electron chi connectivity index (χ3n) is 4.18. The van der Waals surface area contributed by atoms with Crippen molar-refractivity contribution in [2.24, 2.45) is 5.92 Å². The summed E-state index contributed by atoms with van der Waals surface area (Å²) in [5.74, 6) is 0.593. The quantitative estimate of drug-likeness (QED) is 0.865. The molecule has 1 aromatic carbocycles. The lowest BCUT2D eigenvalue weighted by Gasteiger charge is -2.28. The molecule has 2 saturated heterocycles. The van der Waals surface area contributed by atoms with Gasteiger partial charge in [0.25, 0.3) is 5.91 Å². The van der Waals surface area contributed by atoms with E-state index in [0.717, 1.165) is 19.5 Å². The summed E-state index contributed by atoms with van der Waals surface area (Å²) in [6, 6.07) is 5.63. The second-order valence-corrected chi connectivity index (χ2v) is 6.25. The summed E-state index contributed by atoms with van der Waals surface area (Å²) in [6.45, 7) is 4.00. The van der Waals surface area contributed by atoms with Gasteiger partial charge < -0.3 is 10.2 Å². The first-order chi connectivity index (χ1) is 9.08. The number of hydrogen-bond donors (Lipinski definition) is 1. The van der Waals surface area contributed by atoms with E-state index in [-0.39, 0.29) is 11.9 Å². The predicted molar refractivity (Wildman–Crippen MR) is 76.9 cm³/mol. The second-order valence-electron chi connectivity index (χ2n) is 5.41. The first-order valence-electron chi connectivity index (χ1n) is 6.56. The molecule has 3 nitrogen and oxygen atoms in total. The van der Waals surface area contributed by atoms with Crippen LogP contribution in [0, 0.1) is 5.92 Å². The van der Waals surface area contributed by atoms with Gasteiger partial charge in [-0.25, -0.2) is 0 Å². The summed E-state index contributed by atoms with van der Waals surface area (Å²) in [4.78, 5) is 14.7. The van der Waals surface area contributed by atoms with Crippen molar-refractivity contribution in [1.29, 1.82) is 0 Å². The maximum atomic E-state index is 12.7. The van der Waals surface area contributed by atoms with Crippen LogP contribution in [0.2, 0.25) is 10.0 Å². The van der Waals surface area contributed by atoms with Crippen LogP contribution in [0.1, 0.15) is 23.7 Å². The number of benzene rings is 1. The molecule has 1 amide bonds. The molecule has 2 fully saturated rings. The average molecular weight is 299 g/mol. The van der Waals surface area contributed by atoms with Gasteiger partial charge in [-0.05, 0) is 37.5 Å². The van der Waals surface area contributed by atoms with Gasteiger partial charge in [0.15, 0.2) is 0 Å². The van der Waals surface area contributed by atoms with Crippen molar-refractivity contribution in [1.82, 2.24) is 10.2 Å². The number of fused-ring (bicyclic) bond motifs is 1. The number of amides is 1. The minimum absolute atomic E-state index is 0.0189. The molecule has 2 aliphatic heterocycles. The average Bonchev–Trinajstić information content (AvgIpc) is 2.87. The van der Waals surface area contributed by atoms with Crippen molar-refractivity contribution in [3.8, 4) is 0 Å². The molecule has 5 heteroatoms. The summed E-state index contributed by atoms with van der Waals surface area (Å²) >= 11 is 12.0. The van der Waals surface area contributed by atoms with Gasteiger partial charge in [-0.3, -0.25) is 4.79 Å². The van der Waals surface area contributed by atoms with Gasteiger partial charge in [0, 0.05) is 30.2 Å². The largest absolute Gasteiger partial charge is 0.331 e. The van der Waals surface area contributed by atoms with Crippen molar-refractivity contribution in [3.63, 3.8) is 0 Å². The van der Waals surface area contributed by atoms with Crippen LogP contribution >= 0.6 is 23.2 Å². The maximum Gasteiger partial charge on any atom is 0.255 e. The molecule has 2 heterocycles. The number of carbonyl (C=O) groups is 1. The van der Waals surface area contributed by atoms with Crippen molar-refractivity contribution in [2.45, 2.75) is 25.4 Å². The minimum Gasteiger partial charge on any atom is -0.331 e. The molecule has 0 aromatic heterocycles. The van der Waals surface area contributed by atoms with Crippen molar-refractivity contribution in [3.05, 3.63) is 33.8 Å². The summed E-state index contributed by atoms with van der Waals surface area (Å²) in [5.41, 5.74) is 0.547. The van der Waals surface area contributed by atoms with Crippen molar-refractivity contribution in [2.75, 3.05) is 13.1 Å². The van der Waals surface area contributed by atoms with Crippen LogP contribution < -0.4 is 5.32 Å². The normalized spacial score (nSPS) is 29.6. The van der Waals surface area contributed by atoms with Gasteiger partial charge in [0.05, 0.1) is 10.6 Å². The highest BCUT2D eigenvalue weighted by Crippen LogP contribution is 2.34. The zero-order valence-electron chi connectivity index (χ0n) is 10.7. The number of carbonyl (C=O) groups excluding carboxylic acids is 1. The molecule has 3 unspecified atom stereocenters. The number of likely N-dealkylation sites (tertiary alicyclic amines) is 1. The summed E-state index contributed by atoms with van der Waals surface area (Å²) in [6.07, 6.45) is 1.06. The van der Waals surface area contributed by atoms with Gasteiger partial charge in [0.1, 0.15) is 0 Å². The molecule has 0 spiro atoms. The molecule has 102 valence electrons. The zero-order chi connectivity index (χ0) is 13.6. The van der Waals surface area contributed by atoms with Crippen molar-refractivity contribution < 1.29 is 4.79 Å². The Hall–Kier alpha value is -0.770. The number of rotatable bonds is 1. The van der Waals surface area contributed by atoms with E-state index in [1.807, 2.05) is 4.90 Å². The first kappa shape index (κ1) is 13.2. The van der Waals surface area contributed by atoms with E-state index in [2.05, 4.69) is 12.2 Å². The topological polar surface area (TPSA) is 32.3 Å². The monoisotopic (exact) mass is 298 g/mol. The molecule has 1 N–H and O–H groups in total. The minimum atomic E-state index is 0.0189. The van der Waals surface area contributed by atoms with Crippen LogP contribution in [0.5, 0.6) is 0 Å². The highest BCUT2D eigenvalue weighted by molar-refractivity contribution is 6.36. The molecule has 2 aliphatic rings. The highest BCUT2D eigenvalue weighted by atomic mass is 35.5. The van der Waals surface area contributed by atoms with E-state index < -0.39 is 0 Å². The molecule has 3 rings (SSSR count). The molecule has 0 saturated carbocycles. The van der Waals surface area contributed by atoms with Crippen LogP contribution in [0.25, 0.3) is 0 Å². The Balaban J connectivity index is 1.90. The van der Waals surface area contributed by atoms with Gasteiger partial charge in [-0.15, -0.1) is 0 Å². The smallest absolute Gasteiger partial charge is 0.255 e. The number of hydrogen-bond acceptors (Lipinski definition) is 2. The molecule has 1 aromatic rings. The lowest BCUT2D eigenvalue weighted by Crippen LogP contribution is -2.42. The van der Waals surface area contributed by atoms with Crippen LogP contribution in [-0.4, -0.2) is 36.0 Å². The molecule has 0 radical (unpaired) electrons. The van der Waals surface area contributed by atoms with E-state index in [4.69, 9.17) is 23.2 Å². The molecule has 0 bridgehead atoms. The third-order valence-corrected chi connectivity index (χ3v) is 4.72. The fourth-order valence-corrected chi connectivity index (χ4v) is 3.81. The van der Waals surface area contributed by atoms with E-state index in [1.165, 1.54) is 0 Å². The lowest BCUT2D eigenvalue weighted by molar-refractivity contribution is 0.0682. The summed E-state index contributed by atoms with van der Waals surface area (Å²) in [5, 5.41) is 4.34. The molecule has 0 aliphatic carbocycles. The molecular weight excluding hydrogens is 283 g/mol. The Bertz CT molecular complexity index is 520. The Morgan fingerprint density at radius 2 is 2.16 bits per heavy atom. The van der Waals surface area contributed by atoms with Gasteiger partial charge in [0.2, 0.25) is 0 Å².